The van der Waals surface area contributed by atoms with Crippen molar-refractivity contribution in [1.29, 1.82) is 0 Å². The van der Waals surface area contributed by atoms with Gasteiger partial charge >= 0.3 is 0 Å². The summed E-state index contributed by atoms with van der Waals surface area (Å²) in [6.07, 6.45) is 3.77. The van der Waals surface area contributed by atoms with Crippen LogP contribution in [-0.2, 0) is 4.74 Å². The third-order valence-corrected chi connectivity index (χ3v) is 6.62. The van der Waals surface area contributed by atoms with Crippen LogP contribution in [0.15, 0.2) is 0 Å². The average molecular weight is 224 g/mol. The van der Waals surface area contributed by atoms with Gasteiger partial charge in [-0.2, -0.15) is 0 Å². The molecular weight excluding hydrogens is 200 g/mol. The summed E-state index contributed by atoms with van der Waals surface area (Å²) in [5.74, 6) is 0.991. The van der Waals surface area contributed by atoms with Gasteiger partial charge in [0.25, 0.3) is 0 Å². The van der Waals surface area contributed by atoms with E-state index in [-0.39, 0.29) is 10.8 Å². The van der Waals surface area contributed by atoms with E-state index in [1.165, 1.54) is 12.8 Å². The zero-order chi connectivity index (χ0) is 11.8. The molecule has 2 aliphatic carbocycles. The average Bonchev–Trinajstić information content (AvgIpc) is 2.99. The van der Waals surface area contributed by atoms with Crippen molar-refractivity contribution in [2.45, 2.75) is 58.7 Å². The number of aliphatic hydroxyl groups is 1. The molecule has 5 atom stereocenters. The molecule has 16 heavy (non-hydrogen) atoms. The monoisotopic (exact) mass is 224 g/mol. The molecule has 3 rings (SSSR count). The van der Waals surface area contributed by atoms with E-state index < -0.39 is 5.60 Å². The first-order chi connectivity index (χ1) is 7.33. The third-order valence-electron chi connectivity index (χ3n) is 6.62. The van der Waals surface area contributed by atoms with Crippen molar-refractivity contribution < 1.29 is 9.84 Å². The molecular formula is C14H24O2. The lowest BCUT2D eigenvalue weighted by Crippen LogP contribution is -2.53. The van der Waals surface area contributed by atoms with E-state index in [0.717, 1.165) is 13.0 Å². The zero-order valence-electron chi connectivity index (χ0n) is 10.9. The highest BCUT2D eigenvalue weighted by Gasteiger charge is 2.70. The van der Waals surface area contributed by atoms with Gasteiger partial charge in [-0.15, -0.1) is 0 Å². The van der Waals surface area contributed by atoms with Gasteiger partial charge in [0.2, 0.25) is 0 Å². The fourth-order valence-corrected chi connectivity index (χ4v) is 4.67. The van der Waals surface area contributed by atoms with Crippen molar-refractivity contribution in [3.05, 3.63) is 0 Å². The minimum absolute atomic E-state index is 0.0794. The molecule has 2 nitrogen and oxygen atoms in total. The van der Waals surface area contributed by atoms with Crippen molar-refractivity contribution in [2.24, 2.45) is 22.7 Å². The predicted octanol–water partition coefficient (Wildman–Crippen LogP) is 2.60. The molecule has 0 amide bonds. The van der Waals surface area contributed by atoms with E-state index in [9.17, 15) is 5.11 Å². The molecule has 2 heteroatoms. The molecule has 1 N–H and O–H groups in total. The molecule has 92 valence electrons. The van der Waals surface area contributed by atoms with Crippen molar-refractivity contribution in [3.8, 4) is 0 Å². The van der Waals surface area contributed by atoms with Gasteiger partial charge in [-0.05, 0) is 30.6 Å². The van der Waals surface area contributed by atoms with Gasteiger partial charge in [-0.1, -0.05) is 27.7 Å². The molecule has 0 aromatic carbocycles. The number of rotatable bonds is 2. The van der Waals surface area contributed by atoms with Crippen molar-refractivity contribution in [2.75, 3.05) is 6.61 Å². The van der Waals surface area contributed by atoms with Crippen LogP contribution in [-0.4, -0.2) is 23.4 Å². The lowest BCUT2D eigenvalue weighted by atomic mass is 9.60. The second-order valence-electron chi connectivity index (χ2n) is 7.08. The lowest BCUT2D eigenvalue weighted by molar-refractivity contribution is -0.130. The summed E-state index contributed by atoms with van der Waals surface area (Å²) >= 11 is 0. The van der Waals surface area contributed by atoms with E-state index in [2.05, 4.69) is 27.7 Å². The third kappa shape index (κ3) is 1.01. The van der Waals surface area contributed by atoms with E-state index >= 15 is 0 Å². The minimum Gasteiger partial charge on any atom is -0.389 e. The molecule has 0 spiro atoms. The Bertz CT molecular complexity index is 321. The summed E-state index contributed by atoms with van der Waals surface area (Å²) in [4.78, 5) is 0. The Morgan fingerprint density at radius 3 is 2.31 bits per heavy atom. The SMILES string of the molecule is CC(C1CO1)C1(O)CC2CCC1(C)C2(C)C. The van der Waals surface area contributed by atoms with E-state index in [0.29, 0.717) is 17.9 Å². The fraction of sp³-hybridized carbons (Fsp3) is 1.00. The number of hydrogen-bond donors (Lipinski definition) is 1. The van der Waals surface area contributed by atoms with Crippen molar-refractivity contribution in [1.82, 2.24) is 0 Å². The Labute approximate surface area is 98.4 Å². The van der Waals surface area contributed by atoms with Crippen LogP contribution in [0.5, 0.6) is 0 Å². The Balaban J connectivity index is 1.98. The standard InChI is InChI=1S/C14H24O2/c1-9(11-8-16-11)14(15)7-10-5-6-13(14,4)12(10,2)3/h9-11,15H,5-8H2,1-4H3. The molecule has 2 saturated carbocycles. The van der Waals surface area contributed by atoms with Crippen LogP contribution in [0.3, 0.4) is 0 Å². The Hall–Kier alpha value is -0.0800. The van der Waals surface area contributed by atoms with Crippen LogP contribution in [0, 0.1) is 22.7 Å². The van der Waals surface area contributed by atoms with E-state index in [1.807, 2.05) is 0 Å². The normalized spacial score (nSPS) is 55.3. The van der Waals surface area contributed by atoms with Crippen LogP contribution >= 0.6 is 0 Å². The van der Waals surface area contributed by atoms with Crippen LogP contribution in [0.1, 0.15) is 47.0 Å². The topological polar surface area (TPSA) is 32.8 Å². The number of ether oxygens (including phenoxy) is 1. The molecule has 1 heterocycles. The summed E-state index contributed by atoms with van der Waals surface area (Å²) < 4.78 is 5.41. The predicted molar refractivity (Wildman–Crippen MR) is 63.1 cm³/mol. The number of hydrogen-bond acceptors (Lipinski definition) is 2. The van der Waals surface area contributed by atoms with E-state index in [4.69, 9.17) is 4.74 Å². The van der Waals surface area contributed by atoms with Crippen molar-refractivity contribution >= 4 is 0 Å². The summed E-state index contributed by atoms with van der Waals surface area (Å²) in [7, 11) is 0. The molecule has 0 aromatic rings. The first kappa shape index (κ1) is 11.0. The summed E-state index contributed by atoms with van der Waals surface area (Å²) in [5.41, 5.74) is -0.137. The zero-order valence-corrected chi connectivity index (χ0v) is 10.9. The first-order valence-corrected chi connectivity index (χ1v) is 6.67. The summed E-state index contributed by atoms with van der Waals surface area (Å²) in [6.45, 7) is 10.0. The smallest absolute Gasteiger partial charge is 0.0863 e. The Kier molecular flexibility index (Phi) is 1.96. The molecule has 1 saturated heterocycles. The van der Waals surface area contributed by atoms with Crippen LogP contribution in [0.2, 0.25) is 0 Å². The number of epoxide rings is 1. The lowest BCUT2D eigenvalue weighted by Gasteiger charge is -2.48. The molecule has 2 bridgehead atoms. The second kappa shape index (κ2) is 2.84. The maximum atomic E-state index is 11.2. The van der Waals surface area contributed by atoms with Gasteiger partial charge in [0.05, 0.1) is 18.3 Å². The van der Waals surface area contributed by atoms with Gasteiger partial charge in [-0.3, -0.25) is 0 Å². The van der Waals surface area contributed by atoms with Gasteiger partial charge in [0, 0.05) is 11.3 Å². The van der Waals surface area contributed by atoms with Gasteiger partial charge < -0.3 is 9.84 Å². The quantitative estimate of drug-likeness (QED) is 0.731. The van der Waals surface area contributed by atoms with Crippen molar-refractivity contribution in [3.63, 3.8) is 0 Å². The van der Waals surface area contributed by atoms with Gasteiger partial charge in [0.15, 0.2) is 0 Å². The molecule has 1 aliphatic heterocycles. The van der Waals surface area contributed by atoms with Gasteiger partial charge in [0.1, 0.15) is 0 Å². The molecule has 5 unspecified atom stereocenters. The largest absolute Gasteiger partial charge is 0.389 e. The highest BCUT2D eigenvalue weighted by Crippen LogP contribution is 2.71. The second-order valence-corrected chi connectivity index (χ2v) is 7.08. The van der Waals surface area contributed by atoms with Crippen LogP contribution in [0.4, 0.5) is 0 Å². The van der Waals surface area contributed by atoms with E-state index in [1.54, 1.807) is 0 Å². The highest BCUT2D eigenvalue weighted by atomic mass is 16.6. The molecule has 3 fully saturated rings. The maximum absolute atomic E-state index is 11.2. The Morgan fingerprint density at radius 2 is 1.94 bits per heavy atom. The van der Waals surface area contributed by atoms with Gasteiger partial charge in [-0.25, -0.2) is 0 Å². The summed E-state index contributed by atoms with van der Waals surface area (Å²) in [5, 5.41) is 11.2. The molecule has 3 aliphatic rings. The van der Waals surface area contributed by atoms with Crippen LogP contribution in [0.25, 0.3) is 0 Å². The number of fused-ring (bicyclic) bond motifs is 2. The first-order valence-electron chi connectivity index (χ1n) is 6.67. The Morgan fingerprint density at radius 1 is 1.31 bits per heavy atom. The summed E-state index contributed by atoms with van der Waals surface area (Å²) in [6, 6.07) is 0. The fourth-order valence-electron chi connectivity index (χ4n) is 4.67. The maximum Gasteiger partial charge on any atom is 0.0863 e. The van der Waals surface area contributed by atoms with Crippen LogP contribution < -0.4 is 0 Å². The minimum atomic E-state index is -0.499. The molecule has 0 radical (unpaired) electrons. The molecule has 0 aromatic heterocycles. The highest BCUT2D eigenvalue weighted by molar-refractivity contribution is 5.20.